The second-order valence-corrected chi connectivity index (χ2v) is 14.2. The third-order valence-corrected chi connectivity index (χ3v) is 11.6. The lowest BCUT2D eigenvalue weighted by molar-refractivity contribution is 1.13. The van der Waals surface area contributed by atoms with Gasteiger partial charge in [-0.25, -0.2) is 4.98 Å². The van der Waals surface area contributed by atoms with Crippen LogP contribution in [0.25, 0.3) is 97.5 Å². The van der Waals surface area contributed by atoms with Gasteiger partial charge >= 0.3 is 0 Å². The van der Waals surface area contributed by atoms with Crippen molar-refractivity contribution in [3.05, 3.63) is 176 Å². The Morgan fingerprint density at radius 1 is 0.392 bits per heavy atom. The lowest BCUT2D eigenvalue weighted by atomic mass is 9.97. The van der Waals surface area contributed by atoms with E-state index in [1.165, 1.54) is 69.6 Å². The highest BCUT2D eigenvalue weighted by atomic mass is 32.1. The molecule has 0 aliphatic rings. The van der Waals surface area contributed by atoms with Crippen molar-refractivity contribution in [1.29, 1.82) is 0 Å². The fraction of sp³-hybridized carbons (Fsp3) is 0. The van der Waals surface area contributed by atoms with Gasteiger partial charge in [0.2, 0.25) is 0 Å². The molecule has 0 atom stereocenters. The normalized spacial score (nSPS) is 11.9. The number of thiophene rings is 1. The molecule has 11 aromatic rings. The van der Waals surface area contributed by atoms with Crippen LogP contribution in [0.3, 0.4) is 0 Å². The summed E-state index contributed by atoms with van der Waals surface area (Å²) >= 11 is 1.88. The smallest absolute Gasteiger partial charge is 0.145 e. The number of para-hydroxylation sites is 2. The molecule has 0 amide bonds. The molecular weight excluding hydrogens is 639 g/mol. The van der Waals surface area contributed by atoms with E-state index in [1.807, 2.05) is 23.6 Å². The highest BCUT2D eigenvalue weighted by molar-refractivity contribution is 7.26. The summed E-state index contributed by atoms with van der Waals surface area (Å²) in [6.45, 7) is 0. The SMILES string of the molecule is c1cc(-c2cccc(-n3c4ccccc4c4cc(-n5c6ccccc6c6cccnc65)ccc43)c2)cc(-c2cccc3c2sc2ccccc23)c1. The molecule has 0 saturated heterocycles. The molecule has 0 radical (unpaired) electrons. The molecule has 0 fully saturated rings. The minimum atomic E-state index is 0.973. The molecule has 11 rings (SSSR count). The van der Waals surface area contributed by atoms with Gasteiger partial charge in [-0.3, -0.25) is 4.57 Å². The molecule has 0 bridgehead atoms. The Bertz CT molecular complexity index is 3100. The van der Waals surface area contributed by atoms with Crippen LogP contribution in [-0.4, -0.2) is 14.1 Å². The summed E-state index contributed by atoms with van der Waals surface area (Å²) in [6.07, 6.45) is 1.88. The molecule has 7 aromatic carbocycles. The van der Waals surface area contributed by atoms with Gasteiger partial charge in [0, 0.05) is 59.3 Å². The lowest BCUT2D eigenvalue weighted by Crippen LogP contribution is -1.97. The van der Waals surface area contributed by atoms with Gasteiger partial charge in [-0.1, -0.05) is 103 Å². The lowest BCUT2D eigenvalue weighted by Gasteiger charge is -2.12. The fourth-order valence-corrected chi connectivity index (χ4v) is 9.34. The standard InChI is InChI=1S/C47H29N3S/c1-5-22-43-36(15-1)40-20-10-26-48-47(40)50(43)34-24-25-44-41(29-34)37-16-2-4-21-42(37)49(44)33-14-8-12-31(28-33)30-11-7-13-32(27-30)35-18-9-19-39-38-17-3-6-23-45(38)51-46(35)39/h1-29H. The van der Waals surface area contributed by atoms with E-state index in [9.17, 15) is 0 Å². The van der Waals surface area contributed by atoms with Crippen LogP contribution in [0.15, 0.2) is 176 Å². The van der Waals surface area contributed by atoms with Crippen LogP contribution >= 0.6 is 11.3 Å². The molecule has 0 saturated carbocycles. The summed E-state index contributed by atoms with van der Waals surface area (Å²) in [5.74, 6) is 0. The van der Waals surface area contributed by atoms with E-state index < -0.39 is 0 Å². The second kappa shape index (κ2) is 11.0. The minimum Gasteiger partial charge on any atom is -0.309 e. The second-order valence-electron chi connectivity index (χ2n) is 13.2. The van der Waals surface area contributed by atoms with Crippen LogP contribution < -0.4 is 0 Å². The summed E-state index contributed by atoms with van der Waals surface area (Å²) in [5.41, 5.74) is 11.7. The molecule has 4 heteroatoms. The van der Waals surface area contributed by atoms with Crippen molar-refractivity contribution >= 4 is 75.3 Å². The van der Waals surface area contributed by atoms with Crippen molar-refractivity contribution in [1.82, 2.24) is 14.1 Å². The number of benzene rings is 7. The summed E-state index contributed by atoms with van der Waals surface area (Å²) in [7, 11) is 0. The number of fused-ring (bicyclic) bond motifs is 9. The molecule has 4 heterocycles. The summed E-state index contributed by atoms with van der Waals surface area (Å²) in [5, 5.41) is 7.47. The predicted molar refractivity (Wildman–Crippen MR) is 217 cm³/mol. The number of hydrogen-bond donors (Lipinski definition) is 0. The summed E-state index contributed by atoms with van der Waals surface area (Å²) in [4.78, 5) is 4.84. The molecule has 0 aliphatic carbocycles. The van der Waals surface area contributed by atoms with Gasteiger partial charge in [-0.15, -0.1) is 11.3 Å². The van der Waals surface area contributed by atoms with Crippen LogP contribution in [0.1, 0.15) is 0 Å². The van der Waals surface area contributed by atoms with Crippen molar-refractivity contribution in [2.75, 3.05) is 0 Å². The Balaban J connectivity index is 1.06. The zero-order chi connectivity index (χ0) is 33.5. The van der Waals surface area contributed by atoms with E-state index in [-0.39, 0.29) is 0 Å². The van der Waals surface area contributed by atoms with E-state index >= 15 is 0 Å². The Morgan fingerprint density at radius 3 is 1.90 bits per heavy atom. The van der Waals surface area contributed by atoms with Crippen molar-refractivity contribution < 1.29 is 0 Å². The molecule has 0 spiro atoms. The predicted octanol–water partition coefficient (Wildman–Crippen LogP) is 13.0. The number of rotatable bonds is 4. The van der Waals surface area contributed by atoms with Crippen molar-refractivity contribution in [2.24, 2.45) is 0 Å². The summed E-state index contributed by atoms with van der Waals surface area (Å²) in [6, 6.07) is 61.7. The van der Waals surface area contributed by atoms with E-state index in [4.69, 9.17) is 4.98 Å². The van der Waals surface area contributed by atoms with Gasteiger partial charge in [0.15, 0.2) is 0 Å². The third-order valence-electron chi connectivity index (χ3n) is 10.4. The molecule has 0 unspecified atom stereocenters. The van der Waals surface area contributed by atoms with Gasteiger partial charge in [-0.2, -0.15) is 0 Å². The largest absolute Gasteiger partial charge is 0.309 e. The molecule has 51 heavy (non-hydrogen) atoms. The van der Waals surface area contributed by atoms with E-state index in [0.717, 1.165) is 27.9 Å². The van der Waals surface area contributed by atoms with Crippen LogP contribution in [0.5, 0.6) is 0 Å². The highest BCUT2D eigenvalue weighted by Gasteiger charge is 2.17. The third kappa shape index (κ3) is 4.27. The average molecular weight is 668 g/mol. The number of pyridine rings is 1. The van der Waals surface area contributed by atoms with Crippen molar-refractivity contribution in [3.63, 3.8) is 0 Å². The maximum absolute atomic E-state index is 4.84. The molecule has 0 N–H and O–H groups in total. The van der Waals surface area contributed by atoms with Gasteiger partial charge in [0.05, 0.1) is 16.6 Å². The Labute approximate surface area is 297 Å². The van der Waals surface area contributed by atoms with Crippen molar-refractivity contribution in [2.45, 2.75) is 0 Å². The molecule has 238 valence electrons. The molecule has 4 aromatic heterocycles. The van der Waals surface area contributed by atoms with Gasteiger partial charge in [-0.05, 0) is 89.0 Å². The first-order valence-electron chi connectivity index (χ1n) is 17.3. The fourth-order valence-electron chi connectivity index (χ4n) is 8.10. The van der Waals surface area contributed by atoms with Gasteiger partial charge in [0.25, 0.3) is 0 Å². The Kier molecular flexibility index (Phi) is 6.12. The topological polar surface area (TPSA) is 22.8 Å². The quantitative estimate of drug-likeness (QED) is 0.183. The molecule has 0 aliphatic heterocycles. The van der Waals surface area contributed by atoms with Crippen LogP contribution in [0, 0.1) is 0 Å². The maximum atomic E-state index is 4.84. The average Bonchev–Trinajstić information content (AvgIpc) is 3.86. The Morgan fingerprint density at radius 2 is 1.02 bits per heavy atom. The number of nitrogens with zero attached hydrogens (tertiary/aromatic N) is 3. The molecule has 3 nitrogen and oxygen atoms in total. The van der Waals surface area contributed by atoms with E-state index in [1.54, 1.807) is 0 Å². The minimum absolute atomic E-state index is 0.973. The number of hydrogen-bond acceptors (Lipinski definition) is 2. The van der Waals surface area contributed by atoms with E-state index in [0.29, 0.717) is 0 Å². The summed E-state index contributed by atoms with van der Waals surface area (Å²) < 4.78 is 7.37. The van der Waals surface area contributed by atoms with Crippen LogP contribution in [-0.2, 0) is 0 Å². The number of aromatic nitrogens is 3. The van der Waals surface area contributed by atoms with Crippen LogP contribution in [0.2, 0.25) is 0 Å². The zero-order valence-corrected chi connectivity index (χ0v) is 28.3. The van der Waals surface area contributed by atoms with E-state index in [2.05, 4.69) is 173 Å². The maximum Gasteiger partial charge on any atom is 0.145 e. The highest BCUT2D eigenvalue weighted by Crippen LogP contribution is 2.41. The van der Waals surface area contributed by atoms with Crippen LogP contribution in [0.4, 0.5) is 0 Å². The molecular formula is C47H29N3S. The first kappa shape index (κ1) is 28.4. The van der Waals surface area contributed by atoms with Gasteiger partial charge < -0.3 is 4.57 Å². The first-order valence-corrected chi connectivity index (χ1v) is 18.1. The first-order chi connectivity index (χ1) is 25.3. The zero-order valence-electron chi connectivity index (χ0n) is 27.5. The van der Waals surface area contributed by atoms with Gasteiger partial charge in [0.1, 0.15) is 5.65 Å². The monoisotopic (exact) mass is 667 g/mol. The Hall–Kier alpha value is -6.49. The van der Waals surface area contributed by atoms with Crippen molar-refractivity contribution in [3.8, 4) is 33.6 Å².